The van der Waals surface area contributed by atoms with Crippen LogP contribution < -0.4 is 5.32 Å². The van der Waals surface area contributed by atoms with E-state index in [0.29, 0.717) is 6.61 Å². The number of aromatic nitrogens is 2. The summed E-state index contributed by atoms with van der Waals surface area (Å²) < 4.78 is 13.6. The Balaban J connectivity index is 0.00000289. The van der Waals surface area contributed by atoms with E-state index < -0.39 is 0 Å². The van der Waals surface area contributed by atoms with Gasteiger partial charge < -0.3 is 19.7 Å². The molecule has 10 heteroatoms. The molecule has 2 aromatic heterocycles. The Morgan fingerprint density at radius 2 is 2.16 bits per heavy atom. The van der Waals surface area contributed by atoms with Gasteiger partial charge in [-0.2, -0.15) is 5.10 Å². The second kappa shape index (κ2) is 12.3. The van der Waals surface area contributed by atoms with E-state index in [1.807, 2.05) is 35.5 Å². The van der Waals surface area contributed by atoms with Crippen LogP contribution in [0.15, 0.2) is 34.9 Å². The van der Waals surface area contributed by atoms with Crippen LogP contribution in [-0.4, -0.2) is 84.1 Å². The topological polar surface area (TPSA) is 67.2 Å². The number of rotatable bonds is 6. The third kappa shape index (κ3) is 6.43. The molecule has 0 amide bonds. The predicted molar refractivity (Wildman–Crippen MR) is 139 cm³/mol. The van der Waals surface area contributed by atoms with Gasteiger partial charge in [-0.25, -0.2) is 0 Å². The number of halogens is 1. The quantitative estimate of drug-likeness (QED) is 0.325. The van der Waals surface area contributed by atoms with Crippen molar-refractivity contribution in [2.24, 2.45) is 12.0 Å². The van der Waals surface area contributed by atoms with E-state index >= 15 is 0 Å². The van der Waals surface area contributed by atoms with Crippen molar-refractivity contribution in [1.29, 1.82) is 0 Å². The number of morpholine rings is 2. The van der Waals surface area contributed by atoms with Gasteiger partial charge in [-0.3, -0.25) is 14.6 Å². The van der Waals surface area contributed by atoms with E-state index in [1.54, 1.807) is 0 Å². The third-order valence-electron chi connectivity index (χ3n) is 5.80. The molecule has 178 valence electrons. The van der Waals surface area contributed by atoms with Gasteiger partial charge in [0, 0.05) is 49.9 Å². The number of thiophene rings is 1. The van der Waals surface area contributed by atoms with Crippen LogP contribution in [0.25, 0.3) is 0 Å². The van der Waals surface area contributed by atoms with Gasteiger partial charge in [-0.1, -0.05) is 6.07 Å². The molecule has 2 aliphatic rings. The summed E-state index contributed by atoms with van der Waals surface area (Å²) in [5, 5.41) is 9.96. The van der Waals surface area contributed by atoms with Crippen molar-refractivity contribution < 1.29 is 9.47 Å². The maximum absolute atomic E-state index is 6.03. The lowest BCUT2D eigenvalue weighted by Crippen LogP contribution is -2.49. The molecule has 2 saturated heterocycles. The molecular formula is C22H35IN6O2S. The van der Waals surface area contributed by atoms with E-state index in [1.165, 1.54) is 4.88 Å². The SMILES string of the molecule is CCNC(=NCC(c1cccs1)N1CCOC(C)C1)N1CCOC(c2cnn(C)c2)C1.I. The summed E-state index contributed by atoms with van der Waals surface area (Å²) in [5.41, 5.74) is 1.11. The molecule has 0 saturated carbocycles. The standard InChI is InChI=1S/C22H34N6O2S.HI/c1-4-23-22(28-8-10-30-20(16-28)18-12-25-26(3)15-18)24-13-19(21-6-5-11-31-21)27-7-9-29-17(2)14-27;/h5-6,11-12,15,17,19-20H,4,7-10,13-14,16H2,1-3H3,(H,23,24);1H. The Bertz CT molecular complexity index is 845. The Labute approximate surface area is 212 Å². The molecule has 2 aromatic rings. The highest BCUT2D eigenvalue weighted by molar-refractivity contribution is 14.0. The van der Waals surface area contributed by atoms with Gasteiger partial charge >= 0.3 is 0 Å². The molecule has 0 aromatic carbocycles. The lowest BCUT2D eigenvalue weighted by Gasteiger charge is -2.37. The maximum atomic E-state index is 6.03. The Morgan fingerprint density at radius 1 is 1.31 bits per heavy atom. The van der Waals surface area contributed by atoms with Crippen LogP contribution in [0.5, 0.6) is 0 Å². The fourth-order valence-electron chi connectivity index (χ4n) is 4.24. The molecular weight excluding hydrogens is 539 g/mol. The molecule has 32 heavy (non-hydrogen) atoms. The van der Waals surface area contributed by atoms with Crippen molar-refractivity contribution in [3.8, 4) is 0 Å². The second-order valence-corrected chi connectivity index (χ2v) is 9.13. The normalized spacial score (nSPS) is 23.6. The second-order valence-electron chi connectivity index (χ2n) is 8.15. The first-order chi connectivity index (χ1) is 15.1. The van der Waals surface area contributed by atoms with Gasteiger partial charge in [0.05, 0.1) is 44.6 Å². The monoisotopic (exact) mass is 574 g/mol. The number of aryl methyl sites for hydroxylation is 1. The molecule has 0 radical (unpaired) electrons. The molecule has 0 bridgehead atoms. The number of hydrogen-bond acceptors (Lipinski definition) is 6. The molecule has 3 unspecified atom stereocenters. The molecule has 8 nitrogen and oxygen atoms in total. The number of guanidine groups is 1. The minimum Gasteiger partial charge on any atom is -0.376 e. The number of ether oxygens (including phenoxy) is 2. The highest BCUT2D eigenvalue weighted by atomic mass is 127. The van der Waals surface area contributed by atoms with Crippen LogP contribution in [0.1, 0.15) is 36.4 Å². The summed E-state index contributed by atoms with van der Waals surface area (Å²) in [6.07, 6.45) is 4.20. The van der Waals surface area contributed by atoms with Crippen molar-refractivity contribution in [3.63, 3.8) is 0 Å². The zero-order chi connectivity index (χ0) is 21.6. The van der Waals surface area contributed by atoms with Crippen molar-refractivity contribution in [2.45, 2.75) is 32.1 Å². The fraction of sp³-hybridized carbons (Fsp3) is 0.636. The van der Waals surface area contributed by atoms with Gasteiger partial charge in [-0.15, -0.1) is 35.3 Å². The van der Waals surface area contributed by atoms with Crippen molar-refractivity contribution in [3.05, 3.63) is 40.3 Å². The van der Waals surface area contributed by atoms with Crippen LogP contribution in [0.4, 0.5) is 0 Å². The zero-order valence-corrected chi connectivity index (χ0v) is 22.3. The first kappa shape index (κ1) is 25.4. The van der Waals surface area contributed by atoms with E-state index in [4.69, 9.17) is 14.5 Å². The van der Waals surface area contributed by atoms with E-state index in [2.05, 4.69) is 51.6 Å². The summed E-state index contributed by atoms with van der Waals surface area (Å²) in [6, 6.07) is 4.63. The zero-order valence-electron chi connectivity index (χ0n) is 19.1. The number of nitrogens with one attached hydrogen (secondary N) is 1. The largest absolute Gasteiger partial charge is 0.376 e. The van der Waals surface area contributed by atoms with Crippen LogP contribution >= 0.6 is 35.3 Å². The molecule has 0 spiro atoms. The van der Waals surface area contributed by atoms with Gasteiger partial charge in [0.2, 0.25) is 0 Å². The number of nitrogens with zero attached hydrogens (tertiary/aromatic N) is 5. The Hall–Kier alpha value is -1.21. The molecule has 1 N–H and O–H groups in total. The first-order valence-corrected chi connectivity index (χ1v) is 12.0. The van der Waals surface area contributed by atoms with Crippen molar-refractivity contribution in [1.82, 2.24) is 24.9 Å². The summed E-state index contributed by atoms with van der Waals surface area (Å²) in [4.78, 5) is 11.3. The molecule has 2 fully saturated rings. The molecule has 4 rings (SSSR count). The minimum absolute atomic E-state index is 0. The van der Waals surface area contributed by atoms with Gasteiger partial charge in [0.1, 0.15) is 6.10 Å². The van der Waals surface area contributed by atoms with Crippen molar-refractivity contribution >= 4 is 41.3 Å². The minimum atomic E-state index is 0. The predicted octanol–water partition coefficient (Wildman–Crippen LogP) is 2.90. The number of aliphatic imine (C=N–C) groups is 1. The van der Waals surface area contributed by atoms with E-state index in [-0.39, 0.29) is 42.2 Å². The lowest BCUT2D eigenvalue weighted by atomic mass is 10.1. The Morgan fingerprint density at radius 3 is 2.84 bits per heavy atom. The fourth-order valence-corrected chi connectivity index (χ4v) is 5.10. The maximum Gasteiger partial charge on any atom is 0.194 e. The van der Waals surface area contributed by atoms with Crippen LogP contribution in [0, 0.1) is 0 Å². The summed E-state index contributed by atoms with van der Waals surface area (Å²) in [7, 11) is 1.94. The summed E-state index contributed by atoms with van der Waals surface area (Å²) in [6.45, 7) is 10.8. The smallest absolute Gasteiger partial charge is 0.194 e. The van der Waals surface area contributed by atoms with Gasteiger partial charge in [0.15, 0.2) is 5.96 Å². The molecule has 4 heterocycles. The van der Waals surface area contributed by atoms with Crippen LogP contribution in [0.2, 0.25) is 0 Å². The van der Waals surface area contributed by atoms with Crippen molar-refractivity contribution in [2.75, 3.05) is 52.5 Å². The number of hydrogen-bond donors (Lipinski definition) is 1. The van der Waals surface area contributed by atoms with Gasteiger partial charge in [0.25, 0.3) is 0 Å². The average Bonchev–Trinajstić information content (AvgIpc) is 3.46. The average molecular weight is 575 g/mol. The van der Waals surface area contributed by atoms with E-state index in [0.717, 1.165) is 57.4 Å². The van der Waals surface area contributed by atoms with Crippen LogP contribution in [-0.2, 0) is 16.5 Å². The van der Waals surface area contributed by atoms with Gasteiger partial charge in [-0.05, 0) is 25.3 Å². The Kier molecular flexibility index (Phi) is 9.77. The lowest BCUT2D eigenvalue weighted by molar-refractivity contribution is -0.0329. The molecule has 2 aliphatic heterocycles. The van der Waals surface area contributed by atoms with E-state index in [9.17, 15) is 0 Å². The first-order valence-electron chi connectivity index (χ1n) is 11.2. The molecule has 3 atom stereocenters. The summed E-state index contributed by atoms with van der Waals surface area (Å²) in [5.74, 6) is 0.961. The molecule has 0 aliphatic carbocycles. The summed E-state index contributed by atoms with van der Waals surface area (Å²) >= 11 is 1.81. The highest BCUT2D eigenvalue weighted by Crippen LogP contribution is 2.28. The highest BCUT2D eigenvalue weighted by Gasteiger charge is 2.28. The third-order valence-corrected chi connectivity index (χ3v) is 6.77. The van der Waals surface area contributed by atoms with Crippen LogP contribution in [0.3, 0.4) is 0 Å².